The molecule has 0 spiro atoms. The summed E-state index contributed by atoms with van der Waals surface area (Å²) in [6.45, 7) is 3.36. The average Bonchev–Trinajstić information content (AvgIpc) is 3.03. The minimum atomic E-state index is -0.992. The highest BCUT2D eigenvalue weighted by Gasteiger charge is 2.32. The number of methoxy groups -OCH3 is 1. The van der Waals surface area contributed by atoms with E-state index < -0.39 is 29.9 Å². The Balaban J connectivity index is 1.32. The number of rotatable bonds is 13. The van der Waals surface area contributed by atoms with Crippen LogP contribution in [-0.2, 0) is 20.9 Å². The number of amides is 3. The number of carbonyl (C=O) groups is 4. The number of carbonyl (C=O) groups excluding carboxylic acids is 3. The molecule has 0 aliphatic carbocycles. The number of carboxylic acid groups (broad SMARTS) is 1. The molecule has 0 saturated heterocycles. The van der Waals surface area contributed by atoms with Crippen LogP contribution in [0.25, 0.3) is 0 Å². The van der Waals surface area contributed by atoms with Gasteiger partial charge in [-0.15, -0.1) is 0 Å². The molecular formula is C32H31BrN4O9. The van der Waals surface area contributed by atoms with Gasteiger partial charge in [-0.3, -0.25) is 4.79 Å². The van der Waals surface area contributed by atoms with Crippen molar-refractivity contribution in [2.75, 3.05) is 20.3 Å². The van der Waals surface area contributed by atoms with Crippen LogP contribution in [0.3, 0.4) is 0 Å². The van der Waals surface area contributed by atoms with E-state index in [0.29, 0.717) is 27.0 Å². The number of halogens is 1. The van der Waals surface area contributed by atoms with Crippen LogP contribution in [0.1, 0.15) is 46.9 Å². The molecule has 0 bridgehead atoms. The van der Waals surface area contributed by atoms with E-state index in [4.69, 9.17) is 24.1 Å². The van der Waals surface area contributed by atoms with Gasteiger partial charge in [0.1, 0.15) is 12.4 Å². The van der Waals surface area contributed by atoms with E-state index in [1.54, 1.807) is 62.4 Å². The number of aromatic carboxylic acids is 1. The standard InChI is InChI=1S/C32H31BrN4O9/c1-4-44-31(41)28-18(2)35-32(42)36-29(28)22-10-12-25(26(14-22)43-3)46-17-27(38)37-34-15-20-7-11-24(23(33)13-20)45-16-19-5-8-21(9-6-19)30(39)40/h5-15,29H,4,16-17H2,1-3H3,(H,37,38)(H,39,40)(H2,35,36,42)/b34-15-/t29-/m1/s1. The maximum Gasteiger partial charge on any atom is 0.338 e. The zero-order valence-corrected chi connectivity index (χ0v) is 26.7. The largest absolute Gasteiger partial charge is 0.493 e. The van der Waals surface area contributed by atoms with Gasteiger partial charge < -0.3 is 34.7 Å². The lowest BCUT2D eigenvalue weighted by molar-refractivity contribution is -0.139. The third-order valence-corrected chi connectivity index (χ3v) is 7.22. The molecule has 13 nitrogen and oxygen atoms in total. The zero-order valence-electron chi connectivity index (χ0n) is 25.1. The molecule has 0 saturated carbocycles. The molecule has 1 aliphatic rings. The number of esters is 1. The van der Waals surface area contributed by atoms with Crippen LogP contribution in [0.15, 0.2) is 81.5 Å². The molecule has 0 radical (unpaired) electrons. The van der Waals surface area contributed by atoms with E-state index in [2.05, 4.69) is 37.1 Å². The van der Waals surface area contributed by atoms with Crippen LogP contribution in [-0.4, -0.2) is 55.5 Å². The molecule has 1 heterocycles. The second kappa shape index (κ2) is 15.6. The van der Waals surface area contributed by atoms with Crippen molar-refractivity contribution in [2.45, 2.75) is 26.5 Å². The Morgan fingerprint density at radius 1 is 1.02 bits per heavy atom. The topological polar surface area (TPSA) is 174 Å². The second-order valence-corrected chi connectivity index (χ2v) is 10.6. The minimum Gasteiger partial charge on any atom is -0.493 e. The molecule has 1 atom stereocenters. The van der Waals surface area contributed by atoms with E-state index in [0.717, 1.165) is 5.56 Å². The molecule has 3 aromatic rings. The van der Waals surface area contributed by atoms with Crippen molar-refractivity contribution in [3.8, 4) is 17.2 Å². The fourth-order valence-electron chi connectivity index (χ4n) is 4.38. The molecular weight excluding hydrogens is 664 g/mol. The number of hydrazone groups is 1. The summed E-state index contributed by atoms with van der Waals surface area (Å²) in [6, 6.07) is 15.2. The van der Waals surface area contributed by atoms with Gasteiger partial charge in [0.25, 0.3) is 5.91 Å². The third-order valence-electron chi connectivity index (χ3n) is 6.60. The lowest BCUT2D eigenvalue weighted by Crippen LogP contribution is -2.45. The SMILES string of the molecule is CCOC(=O)C1=C(C)NC(=O)N[C@@H]1c1ccc(OCC(=O)N/N=C\c2ccc(OCc3ccc(C(=O)O)cc3)c(Br)c2)c(OC)c1. The Labute approximate surface area is 272 Å². The predicted octanol–water partition coefficient (Wildman–Crippen LogP) is 4.46. The van der Waals surface area contributed by atoms with Crippen LogP contribution in [0, 0.1) is 0 Å². The molecule has 14 heteroatoms. The first-order valence-corrected chi connectivity index (χ1v) is 14.7. The number of benzene rings is 3. The molecule has 4 N–H and O–H groups in total. The lowest BCUT2D eigenvalue weighted by Gasteiger charge is -2.28. The maximum atomic E-state index is 12.6. The van der Waals surface area contributed by atoms with Gasteiger partial charge >= 0.3 is 18.0 Å². The molecule has 3 amide bonds. The minimum absolute atomic E-state index is 0.174. The van der Waals surface area contributed by atoms with Crippen molar-refractivity contribution in [2.24, 2.45) is 5.10 Å². The quantitative estimate of drug-likeness (QED) is 0.114. The predicted molar refractivity (Wildman–Crippen MR) is 170 cm³/mol. The Hall–Kier alpha value is -5.37. The molecule has 0 aromatic heterocycles. The summed E-state index contributed by atoms with van der Waals surface area (Å²) in [7, 11) is 1.43. The summed E-state index contributed by atoms with van der Waals surface area (Å²) >= 11 is 3.46. The van der Waals surface area contributed by atoms with Crippen molar-refractivity contribution >= 4 is 46.0 Å². The summed E-state index contributed by atoms with van der Waals surface area (Å²) in [5.74, 6) is -0.957. The number of ether oxygens (including phenoxy) is 4. The van der Waals surface area contributed by atoms with Gasteiger partial charge in [0.2, 0.25) is 0 Å². The number of urea groups is 1. The average molecular weight is 696 g/mol. The zero-order chi connectivity index (χ0) is 33.2. The number of allylic oxidation sites excluding steroid dienone is 1. The van der Waals surface area contributed by atoms with Gasteiger partial charge in [0.15, 0.2) is 18.1 Å². The highest BCUT2D eigenvalue weighted by molar-refractivity contribution is 9.10. The van der Waals surface area contributed by atoms with Gasteiger partial charge in [0, 0.05) is 5.70 Å². The summed E-state index contributed by atoms with van der Waals surface area (Å²) in [5.41, 5.74) is 5.28. The Morgan fingerprint density at radius 3 is 2.43 bits per heavy atom. The lowest BCUT2D eigenvalue weighted by atomic mass is 9.95. The first kappa shape index (κ1) is 33.5. The molecule has 0 fully saturated rings. The highest BCUT2D eigenvalue weighted by atomic mass is 79.9. The number of nitrogens with zero attached hydrogens (tertiary/aromatic N) is 1. The summed E-state index contributed by atoms with van der Waals surface area (Å²) in [6.07, 6.45) is 1.45. The Morgan fingerprint density at radius 2 is 1.76 bits per heavy atom. The molecule has 4 rings (SSSR count). The van der Waals surface area contributed by atoms with Gasteiger partial charge in [-0.05, 0) is 88.9 Å². The third kappa shape index (κ3) is 8.63. The Kier molecular flexibility index (Phi) is 11.3. The van der Waals surface area contributed by atoms with Crippen molar-refractivity contribution in [3.05, 3.63) is 98.7 Å². The van der Waals surface area contributed by atoms with Crippen LogP contribution in [0.2, 0.25) is 0 Å². The first-order valence-electron chi connectivity index (χ1n) is 13.9. The fraction of sp³-hybridized carbons (Fsp3) is 0.219. The van der Waals surface area contributed by atoms with E-state index in [1.165, 1.54) is 25.5 Å². The van der Waals surface area contributed by atoms with Crippen molar-refractivity contribution in [1.82, 2.24) is 16.1 Å². The van der Waals surface area contributed by atoms with E-state index >= 15 is 0 Å². The number of hydrogen-bond donors (Lipinski definition) is 4. The van der Waals surface area contributed by atoms with E-state index in [-0.39, 0.29) is 42.5 Å². The van der Waals surface area contributed by atoms with Gasteiger partial charge in [-0.2, -0.15) is 5.10 Å². The number of hydrogen-bond acceptors (Lipinski definition) is 9. The van der Waals surface area contributed by atoms with Gasteiger partial charge in [-0.1, -0.05) is 18.2 Å². The number of carboxylic acids is 1. The van der Waals surface area contributed by atoms with Crippen LogP contribution < -0.4 is 30.3 Å². The molecule has 3 aromatic carbocycles. The highest BCUT2D eigenvalue weighted by Crippen LogP contribution is 2.34. The van der Waals surface area contributed by atoms with Crippen molar-refractivity contribution < 1.29 is 43.2 Å². The summed E-state index contributed by atoms with van der Waals surface area (Å²) in [4.78, 5) is 48.2. The molecule has 46 heavy (non-hydrogen) atoms. The fourth-order valence-corrected chi connectivity index (χ4v) is 4.89. The number of nitrogens with one attached hydrogen (secondary N) is 3. The molecule has 240 valence electrons. The molecule has 1 aliphatic heterocycles. The summed E-state index contributed by atoms with van der Waals surface area (Å²) in [5, 5.41) is 18.3. The monoisotopic (exact) mass is 694 g/mol. The molecule has 0 unspecified atom stereocenters. The van der Waals surface area contributed by atoms with Crippen LogP contribution >= 0.6 is 15.9 Å². The van der Waals surface area contributed by atoms with E-state index in [9.17, 15) is 19.2 Å². The second-order valence-electron chi connectivity index (χ2n) is 9.76. The normalized spacial score (nSPS) is 14.3. The van der Waals surface area contributed by atoms with Crippen molar-refractivity contribution in [3.63, 3.8) is 0 Å². The maximum absolute atomic E-state index is 12.6. The van der Waals surface area contributed by atoms with Crippen LogP contribution in [0.4, 0.5) is 4.79 Å². The van der Waals surface area contributed by atoms with Gasteiger partial charge in [0.05, 0.1) is 41.6 Å². The van der Waals surface area contributed by atoms with Crippen LogP contribution in [0.5, 0.6) is 17.2 Å². The van der Waals surface area contributed by atoms with E-state index in [1.807, 2.05) is 0 Å². The Bertz CT molecular complexity index is 1690. The smallest absolute Gasteiger partial charge is 0.338 e. The van der Waals surface area contributed by atoms with Crippen molar-refractivity contribution in [1.29, 1.82) is 0 Å². The van der Waals surface area contributed by atoms with Gasteiger partial charge in [-0.25, -0.2) is 19.8 Å². The first-order chi connectivity index (χ1) is 22.1. The summed E-state index contributed by atoms with van der Waals surface area (Å²) < 4.78 is 22.7.